The van der Waals surface area contributed by atoms with E-state index in [2.05, 4.69) is 0 Å². The number of hydrogen-bond donors (Lipinski definition) is 1. The highest BCUT2D eigenvalue weighted by atomic mass is 35.5. The normalized spacial score (nSPS) is 17.5. The molecule has 0 saturated carbocycles. The average Bonchev–Trinajstić information content (AvgIpc) is 2.91. The lowest BCUT2D eigenvalue weighted by molar-refractivity contribution is 0.279. The average molecular weight is 381 g/mol. The third kappa shape index (κ3) is 3.42. The summed E-state index contributed by atoms with van der Waals surface area (Å²) in [5.41, 5.74) is 5.66. The van der Waals surface area contributed by atoms with Gasteiger partial charge in [-0.15, -0.1) is 23.7 Å². The minimum absolute atomic E-state index is 0. The summed E-state index contributed by atoms with van der Waals surface area (Å²) in [4.78, 5) is 0. The van der Waals surface area contributed by atoms with Crippen molar-refractivity contribution in [2.24, 2.45) is 11.7 Å². The molecule has 0 amide bonds. The van der Waals surface area contributed by atoms with Crippen LogP contribution in [0.5, 0.6) is 0 Å². The van der Waals surface area contributed by atoms with Gasteiger partial charge >= 0.3 is 0 Å². The molecule has 3 rings (SSSR count). The molecule has 1 aromatic heterocycles. The summed E-state index contributed by atoms with van der Waals surface area (Å²) in [6, 6.07) is 7.16. The number of nitrogens with two attached hydrogens (primary N) is 1. The molecule has 2 heterocycles. The molecule has 1 aliphatic heterocycles. The Morgan fingerprint density at radius 1 is 1.27 bits per heavy atom. The van der Waals surface area contributed by atoms with E-state index in [0.717, 1.165) is 22.9 Å². The zero-order valence-electron chi connectivity index (χ0n) is 11.9. The third-order valence-electron chi connectivity index (χ3n) is 3.96. The standard InChI is InChI=1S/C14H17ClN2O2S2.ClH/c15-12-1-2-13-11(7-12)8-14(20-13)21(18,19)17-5-3-10(9-16)4-6-17;/h1-2,7-8,10H,3-6,9,16H2;1H. The van der Waals surface area contributed by atoms with Gasteiger partial charge < -0.3 is 5.73 Å². The number of rotatable bonds is 3. The van der Waals surface area contributed by atoms with Gasteiger partial charge in [0.1, 0.15) is 4.21 Å². The van der Waals surface area contributed by atoms with E-state index in [-0.39, 0.29) is 12.4 Å². The van der Waals surface area contributed by atoms with Crippen LogP contribution in [0.3, 0.4) is 0 Å². The smallest absolute Gasteiger partial charge is 0.252 e. The molecule has 1 saturated heterocycles. The number of halogens is 2. The summed E-state index contributed by atoms with van der Waals surface area (Å²) in [5.74, 6) is 0.442. The van der Waals surface area contributed by atoms with Gasteiger partial charge in [0.25, 0.3) is 10.0 Å². The van der Waals surface area contributed by atoms with E-state index in [1.54, 1.807) is 22.5 Å². The lowest BCUT2D eigenvalue weighted by Crippen LogP contribution is -2.39. The second-order valence-corrected chi connectivity index (χ2v) is 9.02. The molecule has 0 atom stereocenters. The van der Waals surface area contributed by atoms with Gasteiger partial charge in [-0.2, -0.15) is 4.31 Å². The van der Waals surface area contributed by atoms with Crippen LogP contribution in [0.1, 0.15) is 12.8 Å². The predicted molar refractivity (Wildman–Crippen MR) is 94.6 cm³/mol. The first-order valence-electron chi connectivity index (χ1n) is 6.90. The van der Waals surface area contributed by atoms with Gasteiger partial charge in [-0.05, 0) is 55.0 Å². The second kappa shape index (κ2) is 7.03. The molecule has 0 unspecified atom stereocenters. The Morgan fingerprint density at radius 3 is 2.59 bits per heavy atom. The largest absolute Gasteiger partial charge is 0.330 e. The number of nitrogens with zero attached hydrogens (tertiary/aromatic N) is 1. The first-order valence-corrected chi connectivity index (χ1v) is 9.53. The molecule has 122 valence electrons. The van der Waals surface area contributed by atoms with Crippen LogP contribution in [-0.4, -0.2) is 32.4 Å². The highest BCUT2D eigenvalue weighted by Gasteiger charge is 2.30. The van der Waals surface area contributed by atoms with E-state index >= 15 is 0 Å². The Balaban J connectivity index is 0.00000176. The van der Waals surface area contributed by atoms with E-state index in [1.165, 1.54) is 11.3 Å². The highest BCUT2D eigenvalue weighted by molar-refractivity contribution is 7.91. The third-order valence-corrected chi connectivity index (χ3v) is 7.66. The number of piperidine rings is 1. The van der Waals surface area contributed by atoms with E-state index in [0.29, 0.717) is 34.8 Å². The van der Waals surface area contributed by atoms with Crippen LogP contribution in [-0.2, 0) is 10.0 Å². The van der Waals surface area contributed by atoms with Gasteiger partial charge in [0.2, 0.25) is 0 Å². The molecule has 1 aromatic carbocycles. The van der Waals surface area contributed by atoms with Crippen LogP contribution in [0, 0.1) is 5.92 Å². The molecule has 2 N–H and O–H groups in total. The molecule has 8 heteroatoms. The Kier molecular flexibility index (Phi) is 5.74. The summed E-state index contributed by atoms with van der Waals surface area (Å²) in [7, 11) is -3.40. The maximum absolute atomic E-state index is 12.7. The summed E-state index contributed by atoms with van der Waals surface area (Å²) >= 11 is 7.26. The Morgan fingerprint density at radius 2 is 1.95 bits per heavy atom. The van der Waals surface area contributed by atoms with E-state index in [1.807, 2.05) is 6.07 Å². The number of sulfonamides is 1. The lowest BCUT2D eigenvalue weighted by atomic mass is 9.99. The summed E-state index contributed by atoms with van der Waals surface area (Å²) in [6.45, 7) is 1.74. The summed E-state index contributed by atoms with van der Waals surface area (Å²) in [6.07, 6.45) is 1.68. The van der Waals surface area contributed by atoms with Crippen molar-refractivity contribution in [3.8, 4) is 0 Å². The van der Waals surface area contributed by atoms with Gasteiger partial charge in [0.05, 0.1) is 0 Å². The summed E-state index contributed by atoms with van der Waals surface area (Å²) < 4.78 is 28.3. The first-order chi connectivity index (χ1) is 10.0. The maximum atomic E-state index is 12.7. The van der Waals surface area contributed by atoms with E-state index in [4.69, 9.17) is 17.3 Å². The molecule has 1 fully saturated rings. The number of fused-ring (bicyclic) bond motifs is 1. The van der Waals surface area contributed by atoms with Crippen LogP contribution in [0.15, 0.2) is 28.5 Å². The van der Waals surface area contributed by atoms with Crippen LogP contribution < -0.4 is 5.73 Å². The zero-order valence-corrected chi connectivity index (χ0v) is 15.1. The number of hydrogen-bond acceptors (Lipinski definition) is 4. The van der Waals surface area contributed by atoms with Crippen molar-refractivity contribution in [2.45, 2.75) is 17.1 Å². The van der Waals surface area contributed by atoms with Crippen molar-refractivity contribution in [1.29, 1.82) is 0 Å². The van der Waals surface area contributed by atoms with Crippen molar-refractivity contribution in [3.05, 3.63) is 29.3 Å². The quantitative estimate of drug-likeness (QED) is 0.887. The van der Waals surface area contributed by atoms with Gasteiger partial charge in [-0.25, -0.2) is 8.42 Å². The molecule has 0 bridgehead atoms. The molecule has 1 aliphatic rings. The van der Waals surface area contributed by atoms with Crippen molar-refractivity contribution in [3.63, 3.8) is 0 Å². The molecular formula is C14H18Cl2N2O2S2. The molecule has 0 spiro atoms. The fourth-order valence-corrected chi connectivity index (χ4v) is 5.81. The van der Waals surface area contributed by atoms with Gasteiger partial charge in [0, 0.05) is 22.8 Å². The Hall–Kier alpha value is -0.370. The van der Waals surface area contributed by atoms with Crippen molar-refractivity contribution in [1.82, 2.24) is 4.31 Å². The number of thiophene rings is 1. The molecule has 0 radical (unpaired) electrons. The fraction of sp³-hybridized carbons (Fsp3) is 0.429. The predicted octanol–water partition coefficient (Wildman–Crippen LogP) is 3.34. The molecule has 22 heavy (non-hydrogen) atoms. The van der Waals surface area contributed by atoms with E-state index in [9.17, 15) is 8.42 Å². The number of benzene rings is 1. The first kappa shape index (κ1) is 18.0. The van der Waals surface area contributed by atoms with Crippen LogP contribution in [0.25, 0.3) is 10.1 Å². The Labute approximate surface area is 145 Å². The molecule has 0 aliphatic carbocycles. The minimum atomic E-state index is -3.40. The van der Waals surface area contributed by atoms with Crippen LogP contribution in [0.2, 0.25) is 5.02 Å². The van der Waals surface area contributed by atoms with Crippen LogP contribution >= 0.6 is 35.3 Å². The molecule has 2 aromatic rings. The maximum Gasteiger partial charge on any atom is 0.252 e. The van der Waals surface area contributed by atoms with Gasteiger partial charge in [-0.1, -0.05) is 11.6 Å². The van der Waals surface area contributed by atoms with E-state index < -0.39 is 10.0 Å². The zero-order chi connectivity index (χ0) is 15.0. The Bertz CT molecular complexity index is 753. The van der Waals surface area contributed by atoms with Crippen molar-refractivity contribution < 1.29 is 8.42 Å². The topological polar surface area (TPSA) is 63.4 Å². The van der Waals surface area contributed by atoms with Crippen molar-refractivity contribution in [2.75, 3.05) is 19.6 Å². The van der Waals surface area contributed by atoms with Gasteiger partial charge in [0.15, 0.2) is 0 Å². The minimum Gasteiger partial charge on any atom is -0.330 e. The second-order valence-electron chi connectivity index (χ2n) is 5.33. The van der Waals surface area contributed by atoms with Crippen LogP contribution in [0.4, 0.5) is 0 Å². The highest BCUT2D eigenvalue weighted by Crippen LogP contribution is 2.33. The van der Waals surface area contributed by atoms with Gasteiger partial charge in [-0.3, -0.25) is 0 Å². The molecular weight excluding hydrogens is 363 g/mol. The van der Waals surface area contributed by atoms with Crippen molar-refractivity contribution >= 4 is 55.5 Å². The molecule has 4 nitrogen and oxygen atoms in total. The monoisotopic (exact) mass is 380 g/mol. The lowest BCUT2D eigenvalue weighted by Gasteiger charge is -2.30. The fourth-order valence-electron chi connectivity index (χ4n) is 2.63. The SMILES string of the molecule is Cl.NCC1CCN(S(=O)(=O)c2cc3cc(Cl)ccc3s2)CC1. The summed E-state index contributed by atoms with van der Waals surface area (Å²) in [5, 5.41) is 1.50.